The van der Waals surface area contributed by atoms with Crippen LogP contribution in [0.1, 0.15) is 24.3 Å². The van der Waals surface area contributed by atoms with Gasteiger partial charge in [-0.05, 0) is 19.9 Å². The van der Waals surface area contributed by atoms with Crippen molar-refractivity contribution in [3.8, 4) is 0 Å². The van der Waals surface area contributed by atoms with Gasteiger partial charge in [-0.2, -0.15) is 5.10 Å². The van der Waals surface area contributed by atoms with E-state index in [0.717, 1.165) is 0 Å². The van der Waals surface area contributed by atoms with Crippen LogP contribution in [0, 0.1) is 0 Å². The van der Waals surface area contributed by atoms with Crippen LogP contribution in [0.2, 0.25) is 0 Å². The van der Waals surface area contributed by atoms with Gasteiger partial charge in [-0.15, -0.1) is 0 Å². The topological polar surface area (TPSA) is 64.4 Å². The van der Waals surface area contributed by atoms with E-state index in [1.165, 1.54) is 23.9 Å². The highest BCUT2D eigenvalue weighted by Gasteiger charge is 2.30. The molecular weight excluding hydrogens is 234 g/mol. The fourth-order valence-electron chi connectivity index (χ4n) is 1.97. The Morgan fingerprint density at radius 2 is 2.17 bits per heavy atom. The third-order valence-electron chi connectivity index (χ3n) is 2.89. The number of aryl methyl sites for hydroxylation is 1. The second kappa shape index (κ2) is 4.53. The number of rotatable bonds is 1. The minimum atomic E-state index is -0.339. The molecular formula is C12H17N3O3. The van der Waals surface area contributed by atoms with Crippen molar-refractivity contribution in [1.29, 1.82) is 0 Å². The Morgan fingerprint density at radius 1 is 1.44 bits per heavy atom. The molecule has 0 N–H and O–H groups in total. The molecule has 18 heavy (non-hydrogen) atoms. The van der Waals surface area contributed by atoms with Crippen LogP contribution in [0.5, 0.6) is 0 Å². The highest BCUT2D eigenvalue weighted by Crippen LogP contribution is 2.17. The van der Waals surface area contributed by atoms with Crippen molar-refractivity contribution >= 4 is 5.91 Å². The lowest BCUT2D eigenvalue weighted by Crippen LogP contribution is -2.50. The minimum absolute atomic E-state index is 0.165. The van der Waals surface area contributed by atoms with E-state index in [1.54, 1.807) is 4.90 Å². The van der Waals surface area contributed by atoms with Gasteiger partial charge in [0.2, 0.25) is 0 Å². The smallest absolute Gasteiger partial charge is 0.274 e. The lowest BCUT2D eigenvalue weighted by atomic mass is 10.1. The fourth-order valence-corrected chi connectivity index (χ4v) is 1.97. The van der Waals surface area contributed by atoms with Gasteiger partial charge in [0.1, 0.15) is 5.69 Å². The lowest BCUT2D eigenvalue weighted by Gasteiger charge is -2.37. The predicted octanol–water partition coefficient (Wildman–Crippen LogP) is 0.0313. The van der Waals surface area contributed by atoms with E-state index in [4.69, 9.17) is 4.74 Å². The van der Waals surface area contributed by atoms with Crippen molar-refractivity contribution < 1.29 is 9.53 Å². The number of carbonyl (C=O) groups excluding carboxylic acids is 1. The van der Waals surface area contributed by atoms with Crippen LogP contribution in [0.15, 0.2) is 16.9 Å². The van der Waals surface area contributed by atoms with E-state index in [1.807, 2.05) is 13.8 Å². The summed E-state index contributed by atoms with van der Waals surface area (Å²) >= 11 is 0. The molecule has 2 rings (SSSR count). The summed E-state index contributed by atoms with van der Waals surface area (Å²) in [4.78, 5) is 25.2. The van der Waals surface area contributed by atoms with Gasteiger partial charge in [-0.3, -0.25) is 9.59 Å². The molecule has 1 aliphatic rings. The molecule has 0 unspecified atom stereocenters. The van der Waals surface area contributed by atoms with E-state index < -0.39 is 0 Å². The largest absolute Gasteiger partial charge is 0.372 e. The molecule has 0 atom stereocenters. The van der Waals surface area contributed by atoms with Crippen molar-refractivity contribution in [3.05, 3.63) is 28.2 Å². The summed E-state index contributed by atoms with van der Waals surface area (Å²) < 4.78 is 6.72. The zero-order valence-electron chi connectivity index (χ0n) is 10.8. The van der Waals surface area contributed by atoms with E-state index in [0.29, 0.717) is 19.7 Å². The summed E-state index contributed by atoms with van der Waals surface area (Å²) in [5.74, 6) is -0.165. The quantitative estimate of drug-likeness (QED) is 0.706. The summed E-state index contributed by atoms with van der Waals surface area (Å²) in [6, 6.07) is 2.82. The minimum Gasteiger partial charge on any atom is -0.372 e. The highest BCUT2D eigenvalue weighted by atomic mass is 16.5. The summed E-state index contributed by atoms with van der Waals surface area (Å²) in [5, 5.41) is 3.97. The van der Waals surface area contributed by atoms with Crippen molar-refractivity contribution in [2.75, 3.05) is 19.7 Å². The first-order chi connectivity index (χ1) is 8.39. The van der Waals surface area contributed by atoms with E-state index in [-0.39, 0.29) is 22.8 Å². The second-order valence-corrected chi connectivity index (χ2v) is 5.02. The van der Waals surface area contributed by atoms with Crippen LogP contribution >= 0.6 is 0 Å². The first kappa shape index (κ1) is 12.8. The Balaban J connectivity index is 2.20. The molecule has 0 aromatic carbocycles. The monoisotopic (exact) mass is 251 g/mol. The first-order valence-electron chi connectivity index (χ1n) is 5.87. The normalized spacial score (nSPS) is 18.7. The van der Waals surface area contributed by atoms with Gasteiger partial charge in [-0.1, -0.05) is 0 Å². The molecule has 1 fully saturated rings. The van der Waals surface area contributed by atoms with Crippen molar-refractivity contribution in [2.24, 2.45) is 7.05 Å². The highest BCUT2D eigenvalue weighted by molar-refractivity contribution is 5.92. The van der Waals surface area contributed by atoms with Crippen molar-refractivity contribution in [2.45, 2.75) is 19.4 Å². The van der Waals surface area contributed by atoms with E-state index in [9.17, 15) is 9.59 Å². The van der Waals surface area contributed by atoms with Crippen LogP contribution in [0.3, 0.4) is 0 Å². The molecule has 0 aliphatic carbocycles. The van der Waals surface area contributed by atoms with E-state index >= 15 is 0 Å². The number of morpholine rings is 1. The zero-order valence-corrected chi connectivity index (χ0v) is 10.8. The summed E-state index contributed by atoms with van der Waals surface area (Å²) in [5.41, 5.74) is -0.280. The maximum atomic E-state index is 12.2. The van der Waals surface area contributed by atoms with Gasteiger partial charge in [0.05, 0.1) is 12.2 Å². The standard InChI is InChI=1S/C12H17N3O3/c1-12(2)8-15(6-7-18-12)11(17)9-4-5-10(16)14(3)13-9/h4-5H,6-8H2,1-3H3. The van der Waals surface area contributed by atoms with Crippen LogP contribution in [-0.4, -0.2) is 45.9 Å². The predicted molar refractivity (Wildman–Crippen MR) is 65.4 cm³/mol. The average molecular weight is 251 g/mol. The zero-order chi connectivity index (χ0) is 13.3. The molecule has 1 amide bonds. The Kier molecular flexibility index (Phi) is 3.21. The average Bonchev–Trinajstić information content (AvgIpc) is 2.30. The number of amides is 1. The maximum absolute atomic E-state index is 12.2. The molecule has 0 spiro atoms. The molecule has 0 radical (unpaired) electrons. The summed E-state index contributed by atoms with van der Waals surface area (Å²) in [6.45, 7) is 5.48. The van der Waals surface area contributed by atoms with Gasteiger partial charge in [0.25, 0.3) is 11.5 Å². The van der Waals surface area contributed by atoms with Crippen LogP contribution in [0.4, 0.5) is 0 Å². The molecule has 6 nitrogen and oxygen atoms in total. The van der Waals surface area contributed by atoms with Gasteiger partial charge >= 0.3 is 0 Å². The van der Waals surface area contributed by atoms with Crippen molar-refractivity contribution in [3.63, 3.8) is 0 Å². The number of hydrogen-bond donors (Lipinski definition) is 0. The molecule has 0 saturated carbocycles. The molecule has 1 aromatic heterocycles. The molecule has 2 heterocycles. The SMILES string of the molecule is Cn1nc(C(=O)N2CCOC(C)(C)C2)ccc1=O. The number of aromatic nitrogens is 2. The summed E-state index contributed by atoms with van der Waals surface area (Å²) in [7, 11) is 1.53. The molecule has 98 valence electrons. The number of carbonyl (C=O) groups is 1. The third kappa shape index (κ3) is 2.59. The Labute approximate surface area is 105 Å². The molecule has 1 saturated heterocycles. The Hall–Kier alpha value is -1.69. The van der Waals surface area contributed by atoms with E-state index in [2.05, 4.69) is 5.10 Å². The number of ether oxygens (including phenoxy) is 1. The second-order valence-electron chi connectivity index (χ2n) is 5.02. The van der Waals surface area contributed by atoms with Crippen LogP contribution in [0.25, 0.3) is 0 Å². The lowest BCUT2D eigenvalue weighted by molar-refractivity contribution is -0.0765. The molecule has 6 heteroatoms. The van der Waals surface area contributed by atoms with Crippen LogP contribution < -0.4 is 5.56 Å². The molecule has 1 aliphatic heterocycles. The van der Waals surface area contributed by atoms with Gasteiger partial charge in [0.15, 0.2) is 0 Å². The van der Waals surface area contributed by atoms with Crippen molar-refractivity contribution in [1.82, 2.24) is 14.7 Å². The third-order valence-corrected chi connectivity index (χ3v) is 2.89. The maximum Gasteiger partial charge on any atom is 0.274 e. The van der Waals surface area contributed by atoms with Crippen LogP contribution in [-0.2, 0) is 11.8 Å². The molecule has 1 aromatic rings. The summed E-state index contributed by atoms with van der Waals surface area (Å²) in [6.07, 6.45) is 0. The number of hydrogen-bond acceptors (Lipinski definition) is 4. The Morgan fingerprint density at radius 3 is 2.78 bits per heavy atom. The van der Waals surface area contributed by atoms with Gasteiger partial charge in [-0.25, -0.2) is 4.68 Å². The van der Waals surface area contributed by atoms with Gasteiger partial charge < -0.3 is 9.64 Å². The van der Waals surface area contributed by atoms with Gasteiger partial charge in [0, 0.05) is 26.2 Å². The Bertz CT molecular complexity index is 522. The first-order valence-corrected chi connectivity index (χ1v) is 5.87. The molecule has 0 bridgehead atoms. The fraction of sp³-hybridized carbons (Fsp3) is 0.583. The number of nitrogens with zero attached hydrogens (tertiary/aromatic N) is 3.